The van der Waals surface area contributed by atoms with Gasteiger partial charge in [-0.1, -0.05) is 30.0 Å². The molecule has 0 amide bonds. The summed E-state index contributed by atoms with van der Waals surface area (Å²) < 4.78 is 15.8. The second kappa shape index (κ2) is 9.54. The molecule has 0 fully saturated rings. The average Bonchev–Trinajstić information content (AvgIpc) is 3.04. The molecule has 0 atom stereocenters. The normalized spacial score (nSPS) is 16.3. The summed E-state index contributed by atoms with van der Waals surface area (Å²) in [6, 6.07) is 13.0. The number of thioether (sulfide) groups is 1. The lowest BCUT2D eigenvalue weighted by Crippen LogP contribution is -2.12. The molecule has 1 aliphatic rings. The van der Waals surface area contributed by atoms with Crippen molar-refractivity contribution in [3.05, 3.63) is 69.8 Å². The van der Waals surface area contributed by atoms with Gasteiger partial charge in [0.15, 0.2) is 0 Å². The highest BCUT2D eigenvalue weighted by molar-refractivity contribution is 8.18. The summed E-state index contributed by atoms with van der Waals surface area (Å²) in [7, 11) is 3.14. The Morgan fingerprint density at radius 2 is 1.80 bits per heavy atom. The number of hydrogen-bond donors (Lipinski definition) is 1. The van der Waals surface area contributed by atoms with Crippen molar-refractivity contribution in [1.29, 1.82) is 0 Å². The van der Waals surface area contributed by atoms with Crippen LogP contribution in [-0.4, -0.2) is 36.9 Å². The van der Waals surface area contributed by atoms with Crippen molar-refractivity contribution >= 4 is 34.5 Å². The summed E-state index contributed by atoms with van der Waals surface area (Å²) in [5.41, 5.74) is 2.49. The molecule has 1 N–H and O–H groups in total. The van der Waals surface area contributed by atoms with E-state index < -0.39 is 5.97 Å². The van der Waals surface area contributed by atoms with E-state index in [-0.39, 0.29) is 17.9 Å². The average molecular weight is 426 g/mol. The number of rotatable bonds is 6. The van der Waals surface area contributed by atoms with Gasteiger partial charge < -0.3 is 19.3 Å². The highest BCUT2D eigenvalue weighted by Crippen LogP contribution is 2.41. The van der Waals surface area contributed by atoms with Crippen molar-refractivity contribution in [1.82, 2.24) is 0 Å². The Kier molecular flexibility index (Phi) is 6.84. The maximum Gasteiger partial charge on any atom is 0.344 e. The number of esters is 1. The minimum absolute atomic E-state index is 0.0613. The Morgan fingerprint density at radius 1 is 1.13 bits per heavy atom. The molecule has 2 aromatic carbocycles. The van der Waals surface area contributed by atoms with Crippen molar-refractivity contribution < 1.29 is 24.1 Å². The van der Waals surface area contributed by atoms with E-state index in [2.05, 4.69) is 4.99 Å². The van der Waals surface area contributed by atoms with Gasteiger partial charge in [0.25, 0.3) is 0 Å². The Hall–Kier alpha value is -3.19. The smallest absolute Gasteiger partial charge is 0.344 e. The minimum Gasteiger partial charge on any atom is -0.506 e. The van der Waals surface area contributed by atoms with E-state index in [0.29, 0.717) is 21.4 Å². The Bertz CT molecular complexity index is 1030. The van der Waals surface area contributed by atoms with Crippen molar-refractivity contribution in [2.45, 2.75) is 13.8 Å². The molecule has 0 saturated carbocycles. The third kappa shape index (κ3) is 4.68. The fourth-order valence-corrected chi connectivity index (χ4v) is 3.88. The number of methoxy groups -OCH3 is 2. The van der Waals surface area contributed by atoms with Crippen LogP contribution in [0.25, 0.3) is 6.08 Å². The first-order chi connectivity index (χ1) is 14.5. The topological polar surface area (TPSA) is 77.4 Å². The molecular weight excluding hydrogens is 402 g/mol. The summed E-state index contributed by atoms with van der Waals surface area (Å²) in [5, 5.41) is 11.2. The first-order valence-electron chi connectivity index (χ1n) is 9.34. The standard InChI is InChI=1S/C23H23NO5S/c1-5-29-23(26)20-21(25)19(12-15-10-16(27-3)13-17(11-15)28-4)30-22(20)24-18-9-7-6-8-14(18)2/h6-13,25H,5H2,1-4H3/b19-12+,24-22?. The first-order valence-corrected chi connectivity index (χ1v) is 10.2. The number of aryl methyl sites for hydroxylation is 1. The van der Waals surface area contributed by atoms with Crippen LogP contribution in [-0.2, 0) is 9.53 Å². The number of benzene rings is 2. The van der Waals surface area contributed by atoms with E-state index >= 15 is 0 Å². The molecule has 156 valence electrons. The molecular formula is C23H23NO5S. The second-order valence-electron chi connectivity index (χ2n) is 6.40. The molecule has 30 heavy (non-hydrogen) atoms. The number of carbonyl (C=O) groups excluding carboxylic acids is 1. The summed E-state index contributed by atoms with van der Waals surface area (Å²) >= 11 is 1.21. The number of nitrogens with zero attached hydrogens (tertiary/aromatic N) is 1. The molecule has 2 aromatic rings. The maximum atomic E-state index is 12.5. The van der Waals surface area contributed by atoms with Crippen LogP contribution in [0.4, 0.5) is 5.69 Å². The fourth-order valence-electron chi connectivity index (χ4n) is 2.85. The van der Waals surface area contributed by atoms with Crippen LogP contribution in [0.2, 0.25) is 0 Å². The number of aliphatic hydroxyl groups is 1. The molecule has 0 saturated heterocycles. The van der Waals surface area contributed by atoms with E-state index in [1.165, 1.54) is 11.8 Å². The van der Waals surface area contributed by atoms with Gasteiger partial charge >= 0.3 is 5.97 Å². The summed E-state index contributed by atoms with van der Waals surface area (Å²) in [4.78, 5) is 17.6. The lowest BCUT2D eigenvalue weighted by atomic mass is 10.1. The Balaban J connectivity index is 2.08. The molecule has 0 radical (unpaired) electrons. The predicted molar refractivity (Wildman–Crippen MR) is 120 cm³/mol. The van der Waals surface area contributed by atoms with Gasteiger partial charge in [-0.05, 0) is 49.2 Å². The van der Waals surface area contributed by atoms with Crippen LogP contribution in [0.3, 0.4) is 0 Å². The SMILES string of the molecule is CCOC(=O)C1=C(O)/C(=C\c2cc(OC)cc(OC)c2)SC1=Nc1ccccc1C. The highest BCUT2D eigenvalue weighted by atomic mass is 32.2. The largest absolute Gasteiger partial charge is 0.506 e. The zero-order valence-corrected chi connectivity index (χ0v) is 18.1. The Morgan fingerprint density at radius 3 is 2.40 bits per heavy atom. The van der Waals surface area contributed by atoms with Gasteiger partial charge in [0.1, 0.15) is 27.9 Å². The minimum atomic E-state index is -0.610. The molecule has 7 heteroatoms. The van der Waals surface area contributed by atoms with E-state index in [4.69, 9.17) is 14.2 Å². The van der Waals surface area contributed by atoms with Crippen LogP contribution < -0.4 is 9.47 Å². The van der Waals surface area contributed by atoms with Gasteiger partial charge in [-0.15, -0.1) is 0 Å². The Labute approximate surface area is 179 Å². The number of para-hydroxylation sites is 1. The summed E-state index contributed by atoms with van der Waals surface area (Å²) in [6.07, 6.45) is 1.75. The van der Waals surface area contributed by atoms with E-state index in [1.54, 1.807) is 33.3 Å². The summed E-state index contributed by atoms with van der Waals surface area (Å²) in [5.74, 6) is 0.466. The molecule has 0 aromatic heterocycles. The van der Waals surface area contributed by atoms with Gasteiger partial charge in [0.2, 0.25) is 0 Å². The monoisotopic (exact) mass is 425 g/mol. The van der Waals surface area contributed by atoms with Crippen LogP contribution in [0.1, 0.15) is 18.1 Å². The molecule has 3 rings (SSSR count). The predicted octanol–water partition coefficient (Wildman–Crippen LogP) is 5.21. The second-order valence-corrected chi connectivity index (χ2v) is 7.43. The van der Waals surface area contributed by atoms with Gasteiger partial charge in [0, 0.05) is 6.07 Å². The fraction of sp³-hybridized carbons (Fsp3) is 0.217. The third-order valence-electron chi connectivity index (χ3n) is 4.38. The van der Waals surface area contributed by atoms with Gasteiger partial charge in [-0.2, -0.15) is 0 Å². The van der Waals surface area contributed by atoms with E-state index in [1.807, 2.05) is 43.3 Å². The number of aliphatic hydroxyl groups excluding tert-OH is 1. The van der Waals surface area contributed by atoms with Crippen LogP contribution in [0.5, 0.6) is 11.5 Å². The van der Waals surface area contributed by atoms with Gasteiger partial charge in [-0.3, -0.25) is 0 Å². The lowest BCUT2D eigenvalue weighted by molar-refractivity contribution is -0.138. The van der Waals surface area contributed by atoms with Crippen molar-refractivity contribution in [3.8, 4) is 11.5 Å². The number of ether oxygens (including phenoxy) is 3. The maximum absolute atomic E-state index is 12.5. The van der Waals surface area contributed by atoms with Crippen LogP contribution >= 0.6 is 11.8 Å². The molecule has 0 bridgehead atoms. The lowest BCUT2D eigenvalue weighted by Gasteiger charge is -2.06. The van der Waals surface area contributed by atoms with E-state index in [9.17, 15) is 9.90 Å². The third-order valence-corrected chi connectivity index (χ3v) is 5.40. The van der Waals surface area contributed by atoms with Crippen molar-refractivity contribution in [2.75, 3.05) is 20.8 Å². The van der Waals surface area contributed by atoms with Crippen molar-refractivity contribution in [2.24, 2.45) is 4.99 Å². The quantitative estimate of drug-likeness (QED) is 0.641. The zero-order valence-electron chi connectivity index (χ0n) is 17.3. The molecule has 6 nitrogen and oxygen atoms in total. The molecule has 0 spiro atoms. The number of carbonyl (C=O) groups is 1. The number of hydrogen-bond acceptors (Lipinski definition) is 7. The van der Waals surface area contributed by atoms with Gasteiger partial charge in [-0.25, -0.2) is 9.79 Å². The zero-order chi connectivity index (χ0) is 21.7. The van der Waals surface area contributed by atoms with Gasteiger partial charge in [0.05, 0.1) is 31.4 Å². The first kappa shape index (κ1) is 21.5. The molecule has 0 unspecified atom stereocenters. The van der Waals surface area contributed by atoms with Crippen LogP contribution in [0.15, 0.2) is 63.7 Å². The molecule has 1 aliphatic heterocycles. The highest BCUT2D eigenvalue weighted by Gasteiger charge is 2.33. The number of aliphatic imine (C=N–C) groups is 1. The molecule has 1 heterocycles. The summed E-state index contributed by atoms with van der Waals surface area (Å²) in [6.45, 7) is 3.85. The van der Waals surface area contributed by atoms with Crippen molar-refractivity contribution in [3.63, 3.8) is 0 Å². The van der Waals surface area contributed by atoms with E-state index in [0.717, 1.165) is 16.8 Å². The van der Waals surface area contributed by atoms with Crippen LogP contribution in [0, 0.1) is 6.92 Å². The molecule has 0 aliphatic carbocycles.